The summed E-state index contributed by atoms with van der Waals surface area (Å²) in [5.41, 5.74) is 1.46. The molecule has 0 saturated carbocycles. The molecule has 94 valence electrons. The first-order valence-corrected chi connectivity index (χ1v) is 6.54. The topological polar surface area (TPSA) is 0 Å². The molecule has 0 heterocycles. The summed E-state index contributed by atoms with van der Waals surface area (Å²) in [5.74, 6) is -2.34. The maximum atomic E-state index is 13.9. The monoisotopic (exact) mass is 314 g/mol. The number of hydrogen-bond acceptors (Lipinski definition) is 0. The first-order valence-electron chi connectivity index (χ1n) is 5.41. The Hall–Kier alpha value is -1.29. The number of alkyl halides is 1. The van der Waals surface area contributed by atoms with Gasteiger partial charge in [0, 0.05) is 10.9 Å². The van der Waals surface area contributed by atoms with E-state index in [-0.39, 0.29) is 5.56 Å². The zero-order chi connectivity index (χ0) is 13.1. The minimum atomic E-state index is -0.976. The third-order valence-electron chi connectivity index (χ3n) is 2.65. The molecular formula is C14H10BrF3. The minimum absolute atomic E-state index is 0.271. The number of rotatable bonds is 3. The average Bonchev–Trinajstić information content (AvgIpc) is 2.34. The minimum Gasteiger partial charge on any atom is -0.206 e. The molecule has 0 spiro atoms. The van der Waals surface area contributed by atoms with E-state index in [0.717, 1.165) is 29.4 Å². The van der Waals surface area contributed by atoms with Crippen molar-refractivity contribution in [3.63, 3.8) is 0 Å². The molecule has 18 heavy (non-hydrogen) atoms. The molecule has 0 bridgehead atoms. The number of benzene rings is 2. The molecule has 0 fully saturated rings. The van der Waals surface area contributed by atoms with Crippen LogP contribution in [0.2, 0.25) is 0 Å². The Balaban J connectivity index is 2.41. The van der Waals surface area contributed by atoms with Crippen LogP contribution in [0.5, 0.6) is 0 Å². The number of halogens is 4. The summed E-state index contributed by atoms with van der Waals surface area (Å²) in [4.78, 5) is 0. The van der Waals surface area contributed by atoms with Gasteiger partial charge in [0.25, 0.3) is 0 Å². The zero-order valence-electron chi connectivity index (χ0n) is 9.39. The fraction of sp³-hybridized carbons (Fsp3) is 0.143. The lowest BCUT2D eigenvalue weighted by Crippen LogP contribution is -1.92. The highest BCUT2D eigenvalue weighted by Crippen LogP contribution is 2.25. The lowest BCUT2D eigenvalue weighted by atomic mass is 10.0. The van der Waals surface area contributed by atoms with E-state index in [2.05, 4.69) is 15.9 Å². The summed E-state index contributed by atoms with van der Waals surface area (Å²) in [6.07, 6.45) is 0.717. The van der Waals surface area contributed by atoms with E-state index in [1.807, 2.05) is 0 Å². The maximum Gasteiger partial charge on any atom is 0.159 e. The lowest BCUT2D eigenvalue weighted by Gasteiger charge is -2.06. The second-order valence-electron chi connectivity index (χ2n) is 3.88. The lowest BCUT2D eigenvalue weighted by molar-refractivity contribution is 0.509. The largest absolute Gasteiger partial charge is 0.206 e. The SMILES string of the molecule is Fc1ccc(-c2ccc(CCBr)cc2F)cc1F. The molecule has 0 amide bonds. The van der Waals surface area contributed by atoms with Crippen molar-refractivity contribution in [2.45, 2.75) is 6.42 Å². The quantitative estimate of drug-likeness (QED) is 0.720. The van der Waals surface area contributed by atoms with Crippen LogP contribution in [-0.2, 0) is 6.42 Å². The summed E-state index contributed by atoms with van der Waals surface area (Å²) in [7, 11) is 0. The normalized spacial score (nSPS) is 10.7. The Kier molecular flexibility index (Phi) is 4.07. The van der Waals surface area contributed by atoms with Crippen molar-refractivity contribution in [3.05, 3.63) is 59.4 Å². The molecule has 0 radical (unpaired) electrons. The van der Waals surface area contributed by atoms with Crippen LogP contribution in [0.15, 0.2) is 36.4 Å². The summed E-state index contributed by atoms with van der Waals surface area (Å²) < 4.78 is 39.8. The fourth-order valence-electron chi connectivity index (χ4n) is 1.72. The highest BCUT2D eigenvalue weighted by atomic mass is 79.9. The molecule has 2 aromatic carbocycles. The van der Waals surface area contributed by atoms with E-state index >= 15 is 0 Å². The van der Waals surface area contributed by atoms with Crippen LogP contribution in [-0.4, -0.2) is 5.33 Å². The maximum absolute atomic E-state index is 13.9. The van der Waals surface area contributed by atoms with Crippen LogP contribution < -0.4 is 0 Å². The molecule has 0 atom stereocenters. The zero-order valence-corrected chi connectivity index (χ0v) is 11.0. The molecule has 0 nitrogen and oxygen atoms in total. The molecule has 0 aromatic heterocycles. The van der Waals surface area contributed by atoms with Crippen LogP contribution in [0.3, 0.4) is 0 Å². The smallest absolute Gasteiger partial charge is 0.159 e. The summed E-state index contributed by atoms with van der Waals surface area (Å²) in [6, 6.07) is 8.13. The van der Waals surface area contributed by atoms with Gasteiger partial charge >= 0.3 is 0 Å². The summed E-state index contributed by atoms with van der Waals surface area (Å²) >= 11 is 3.28. The van der Waals surface area contributed by atoms with Gasteiger partial charge in [0.1, 0.15) is 5.82 Å². The van der Waals surface area contributed by atoms with Crippen molar-refractivity contribution in [1.82, 2.24) is 0 Å². The van der Waals surface area contributed by atoms with Gasteiger partial charge in [-0.1, -0.05) is 34.1 Å². The van der Waals surface area contributed by atoms with E-state index in [1.165, 1.54) is 12.1 Å². The van der Waals surface area contributed by atoms with Crippen molar-refractivity contribution < 1.29 is 13.2 Å². The molecular weight excluding hydrogens is 305 g/mol. The Bertz CT molecular complexity index is 567. The molecule has 0 aliphatic rings. The van der Waals surface area contributed by atoms with E-state index in [9.17, 15) is 13.2 Å². The van der Waals surface area contributed by atoms with E-state index < -0.39 is 17.5 Å². The van der Waals surface area contributed by atoms with Gasteiger partial charge in [-0.15, -0.1) is 0 Å². The van der Waals surface area contributed by atoms with Crippen LogP contribution in [0.4, 0.5) is 13.2 Å². The van der Waals surface area contributed by atoms with E-state index in [0.29, 0.717) is 5.56 Å². The van der Waals surface area contributed by atoms with E-state index in [4.69, 9.17) is 0 Å². The molecule has 0 saturated heterocycles. The van der Waals surface area contributed by atoms with Gasteiger partial charge < -0.3 is 0 Å². The molecule has 4 heteroatoms. The van der Waals surface area contributed by atoms with Crippen molar-refractivity contribution in [2.24, 2.45) is 0 Å². The molecule has 2 aromatic rings. The Morgan fingerprint density at radius 3 is 2.22 bits per heavy atom. The van der Waals surface area contributed by atoms with Crippen LogP contribution in [0.1, 0.15) is 5.56 Å². The second-order valence-corrected chi connectivity index (χ2v) is 4.68. The van der Waals surface area contributed by atoms with Gasteiger partial charge in [-0.2, -0.15) is 0 Å². The van der Waals surface area contributed by atoms with Gasteiger partial charge in [0.2, 0.25) is 0 Å². The van der Waals surface area contributed by atoms with Crippen LogP contribution >= 0.6 is 15.9 Å². The molecule has 2 rings (SSSR count). The number of aryl methyl sites for hydroxylation is 1. The van der Waals surface area contributed by atoms with Crippen LogP contribution in [0.25, 0.3) is 11.1 Å². The van der Waals surface area contributed by atoms with E-state index in [1.54, 1.807) is 12.1 Å². The summed E-state index contributed by atoms with van der Waals surface area (Å²) in [6.45, 7) is 0. The molecule has 0 aliphatic carbocycles. The number of hydrogen-bond donors (Lipinski definition) is 0. The Morgan fingerprint density at radius 2 is 1.61 bits per heavy atom. The van der Waals surface area contributed by atoms with Gasteiger partial charge in [-0.3, -0.25) is 0 Å². The predicted molar refractivity (Wildman–Crippen MR) is 69.3 cm³/mol. The fourth-order valence-corrected chi connectivity index (χ4v) is 2.18. The third kappa shape index (κ3) is 2.75. The first-order chi connectivity index (χ1) is 8.61. The molecule has 0 unspecified atom stereocenters. The molecule has 0 N–H and O–H groups in total. The second kappa shape index (κ2) is 5.57. The van der Waals surface area contributed by atoms with Gasteiger partial charge in [-0.25, -0.2) is 13.2 Å². The van der Waals surface area contributed by atoms with Crippen molar-refractivity contribution in [3.8, 4) is 11.1 Å². The average molecular weight is 315 g/mol. The van der Waals surface area contributed by atoms with Gasteiger partial charge in [0.05, 0.1) is 0 Å². The predicted octanol–water partition coefficient (Wildman–Crippen LogP) is 4.71. The van der Waals surface area contributed by atoms with Crippen LogP contribution in [0, 0.1) is 17.5 Å². The van der Waals surface area contributed by atoms with Gasteiger partial charge in [0.15, 0.2) is 11.6 Å². The van der Waals surface area contributed by atoms with Crippen molar-refractivity contribution >= 4 is 15.9 Å². The summed E-state index contributed by atoms with van der Waals surface area (Å²) in [5, 5.41) is 0.747. The Labute approximate surface area is 112 Å². The van der Waals surface area contributed by atoms with Crippen molar-refractivity contribution in [2.75, 3.05) is 5.33 Å². The van der Waals surface area contributed by atoms with Crippen molar-refractivity contribution in [1.29, 1.82) is 0 Å². The standard InChI is InChI=1S/C14H10BrF3/c15-6-5-9-1-3-11(13(17)7-9)10-2-4-12(16)14(18)8-10/h1-4,7-8H,5-6H2. The van der Waals surface area contributed by atoms with Gasteiger partial charge in [-0.05, 0) is 35.7 Å². The third-order valence-corrected chi connectivity index (χ3v) is 3.04. The Morgan fingerprint density at radius 1 is 0.833 bits per heavy atom. The molecule has 0 aliphatic heterocycles. The highest BCUT2D eigenvalue weighted by molar-refractivity contribution is 9.09. The highest BCUT2D eigenvalue weighted by Gasteiger charge is 2.09. The first kappa shape index (κ1) is 13.1.